The quantitative estimate of drug-likeness (QED) is 0.0802. The fourth-order valence-electron chi connectivity index (χ4n) is 10.1. The molecule has 3 aliphatic heterocycles. The van der Waals surface area contributed by atoms with Gasteiger partial charge in [0.15, 0.2) is 10.7 Å². The summed E-state index contributed by atoms with van der Waals surface area (Å²) in [6.07, 6.45) is 9.61. The Morgan fingerprint density at radius 1 is 1.02 bits per heavy atom. The van der Waals surface area contributed by atoms with Crippen molar-refractivity contribution in [1.29, 1.82) is 0 Å². The maximum atomic E-state index is 14.1. The number of benzene rings is 2. The second-order valence-corrected chi connectivity index (χ2v) is 19.7. The van der Waals surface area contributed by atoms with Gasteiger partial charge in [-0.3, -0.25) is 24.8 Å². The zero-order valence-electron chi connectivity index (χ0n) is 36.7. The summed E-state index contributed by atoms with van der Waals surface area (Å²) in [5.41, 5.74) is 4.50. The van der Waals surface area contributed by atoms with Crippen molar-refractivity contribution in [1.82, 2.24) is 29.6 Å². The molecule has 66 heavy (non-hydrogen) atoms. The molecule has 3 N–H and O–H groups in total. The number of nitrogens with one attached hydrogen (secondary N) is 3. The van der Waals surface area contributed by atoms with Crippen molar-refractivity contribution in [3.8, 4) is 17.4 Å². The van der Waals surface area contributed by atoms with E-state index in [4.69, 9.17) is 14.2 Å². The highest BCUT2D eigenvalue weighted by Gasteiger charge is 2.50. The summed E-state index contributed by atoms with van der Waals surface area (Å²) >= 11 is 0. The molecule has 4 aromatic heterocycles. The van der Waals surface area contributed by atoms with Gasteiger partial charge in [0.2, 0.25) is 5.88 Å². The minimum absolute atomic E-state index is 0.0431. The third kappa shape index (κ3) is 8.63. The molecule has 0 unspecified atom stereocenters. The number of anilines is 2. The van der Waals surface area contributed by atoms with Crippen LogP contribution in [0.5, 0.6) is 17.4 Å². The summed E-state index contributed by atoms with van der Waals surface area (Å²) in [7, 11) is -4.77. The predicted octanol–water partition coefficient (Wildman–Crippen LogP) is 7.53. The van der Waals surface area contributed by atoms with E-state index in [1.165, 1.54) is 23.4 Å². The number of H-pyrrole nitrogens is 1. The fourth-order valence-corrected chi connectivity index (χ4v) is 11.0. The number of rotatable bonds is 12. The van der Waals surface area contributed by atoms with Crippen molar-refractivity contribution in [3.63, 3.8) is 0 Å². The third-order valence-corrected chi connectivity index (χ3v) is 14.8. The van der Waals surface area contributed by atoms with Gasteiger partial charge in [0.1, 0.15) is 23.8 Å². The van der Waals surface area contributed by atoms with Crippen LogP contribution < -0.4 is 24.4 Å². The zero-order valence-corrected chi connectivity index (χ0v) is 37.5. The first-order chi connectivity index (χ1) is 31.9. The number of ether oxygens (including phenoxy) is 3. The first kappa shape index (κ1) is 43.3. The number of carbonyl (C=O) groups excluding carboxylic acids is 1. The predicted molar refractivity (Wildman–Crippen MR) is 247 cm³/mol. The molecule has 1 spiro atoms. The van der Waals surface area contributed by atoms with E-state index in [1.54, 1.807) is 36.7 Å². The van der Waals surface area contributed by atoms with Crippen LogP contribution in [0, 0.1) is 15.5 Å². The largest absolute Gasteiger partial charge is 0.474 e. The molecule has 18 heteroatoms. The van der Waals surface area contributed by atoms with Gasteiger partial charge in [-0.1, -0.05) is 44.2 Å². The maximum absolute atomic E-state index is 14.1. The second-order valence-electron chi connectivity index (χ2n) is 18.1. The van der Waals surface area contributed by atoms with Gasteiger partial charge < -0.3 is 29.4 Å². The lowest BCUT2D eigenvalue weighted by molar-refractivity contribution is -0.384. The van der Waals surface area contributed by atoms with Gasteiger partial charge >= 0.3 is 5.69 Å². The molecule has 2 atom stereocenters. The van der Waals surface area contributed by atoms with Crippen LogP contribution >= 0.6 is 0 Å². The van der Waals surface area contributed by atoms with Crippen LogP contribution in [0.15, 0.2) is 102 Å². The lowest BCUT2D eigenvalue weighted by Gasteiger charge is -2.57. The Hall–Kier alpha value is -6.63. The number of fused-ring (bicyclic) bond motifs is 2. The Bertz CT molecular complexity index is 2900. The first-order valence-electron chi connectivity index (χ1n) is 22.4. The second kappa shape index (κ2) is 17.6. The minimum atomic E-state index is -4.77. The van der Waals surface area contributed by atoms with Gasteiger partial charge in [0.25, 0.3) is 15.9 Å². The smallest absolute Gasteiger partial charge is 0.300 e. The maximum Gasteiger partial charge on any atom is 0.300 e. The van der Waals surface area contributed by atoms with Crippen molar-refractivity contribution in [3.05, 3.63) is 130 Å². The van der Waals surface area contributed by atoms with Crippen molar-refractivity contribution in [2.24, 2.45) is 5.41 Å². The summed E-state index contributed by atoms with van der Waals surface area (Å²) in [5.74, 6) is -0.409. The number of hydrogen-bond donors (Lipinski definition) is 3. The zero-order chi connectivity index (χ0) is 45.6. The van der Waals surface area contributed by atoms with Gasteiger partial charge in [-0.25, -0.2) is 9.71 Å². The van der Waals surface area contributed by atoms with Gasteiger partial charge in [-0.2, -0.15) is 13.4 Å². The molecule has 2 aromatic carbocycles. The van der Waals surface area contributed by atoms with Crippen LogP contribution in [0.3, 0.4) is 0 Å². The van der Waals surface area contributed by atoms with Crippen molar-refractivity contribution < 1.29 is 32.3 Å². The van der Waals surface area contributed by atoms with Crippen molar-refractivity contribution >= 4 is 44.0 Å². The topological polar surface area (TPSA) is 207 Å². The summed E-state index contributed by atoms with van der Waals surface area (Å²) < 4.78 is 48.0. The molecule has 1 saturated carbocycles. The summed E-state index contributed by atoms with van der Waals surface area (Å²) in [5, 5.41) is 15.4. The molecule has 1 amide bonds. The number of amides is 1. The van der Waals surface area contributed by atoms with Crippen LogP contribution in [0.2, 0.25) is 0 Å². The number of hydrogen-bond acceptors (Lipinski definition) is 14. The number of pyridine rings is 3. The van der Waals surface area contributed by atoms with E-state index in [2.05, 4.69) is 77.9 Å². The number of aromatic amines is 1. The normalized spacial score (nSPS) is 19.7. The van der Waals surface area contributed by atoms with Crippen LogP contribution in [-0.2, 0) is 21.2 Å². The molecule has 1 aliphatic carbocycles. The van der Waals surface area contributed by atoms with Crippen LogP contribution in [0.25, 0.3) is 11.0 Å². The molecular formula is C48H51N9O8S. The Kier molecular flexibility index (Phi) is 11.6. The van der Waals surface area contributed by atoms with Gasteiger partial charge in [0, 0.05) is 67.3 Å². The van der Waals surface area contributed by atoms with Crippen molar-refractivity contribution in [2.75, 3.05) is 49.7 Å². The Balaban J connectivity index is 0.860. The van der Waals surface area contributed by atoms with Gasteiger partial charge in [0.05, 0.1) is 48.0 Å². The lowest BCUT2D eigenvalue weighted by Crippen LogP contribution is -2.58. The summed E-state index contributed by atoms with van der Waals surface area (Å²) in [4.78, 5) is 46.5. The van der Waals surface area contributed by atoms with Crippen LogP contribution in [0.1, 0.15) is 78.7 Å². The number of morpholine rings is 1. The Labute approximate surface area is 382 Å². The average Bonchev–Trinajstić information content (AvgIpc) is 3.79. The summed E-state index contributed by atoms with van der Waals surface area (Å²) in [6, 6.07) is 24.1. The monoisotopic (exact) mass is 913 g/mol. The van der Waals surface area contributed by atoms with E-state index < -0.39 is 37.6 Å². The highest BCUT2D eigenvalue weighted by molar-refractivity contribution is 7.90. The Morgan fingerprint density at radius 3 is 2.62 bits per heavy atom. The minimum Gasteiger partial charge on any atom is -0.474 e. The molecule has 17 nitrogen and oxygen atoms in total. The third-order valence-electron chi connectivity index (χ3n) is 13.5. The standard InChI is InChI=1S/C48H51N9O8S/c1-30(2)37-8-3-4-9-38(37)41-29-63-20-19-56(41)35-25-48(26-35)13-17-55(18-14-48)34-10-11-39(42(23-34)65-36-21-31-12-16-50-45(31)51-27-36)46(58)54-66(61,62)43-24-40(57(59)60)44-47(53-43)64-28-33(52-44)22-32-7-5-6-15-49-32/h3-12,15-16,21,23-24,27,30,33,35,41,52H,13-14,17-20,22,25-26,28-29H2,1-2H3,(H,50,51)(H,54,58)/t33-,41-/m0/s1. The van der Waals surface area contributed by atoms with Gasteiger partial charge in [-0.05, 0) is 84.5 Å². The molecule has 0 bridgehead atoms. The SMILES string of the molecule is CC(C)c1ccccc1[C@@H]1COCCN1C1CC2(CCN(c3ccc(C(=O)NS(=O)(=O)c4cc([N+](=O)[O-])c5c(n4)OC[C@H](Cc4ccccn4)N5)c(Oc4cnc5[nH]ccc5c4)c3)CC2)C1. The van der Waals surface area contributed by atoms with Crippen LogP contribution in [-0.4, -0.2) is 95.6 Å². The molecule has 4 aliphatic rings. The molecular weight excluding hydrogens is 863 g/mol. The van der Waals surface area contributed by atoms with E-state index in [0.29, 0.717) is 36.4 Å². The lowest BCUT2D eigenvalue weighted by atomic mass is 9.59. The number of nitro groups is 1. The number of piperidine rings is 1. The fraction of sp³-hybridized carbons (Fsp3) is 0.375. The molecule has 10 rings (SSSR count). The van der Waals surface area contributed by atoms with E-state index >= 15 is 0 Å². The first-order valence-corrected chi connectivity index (χ1v) is 23.9. The molecule has 7 heterocycles. The average molecular weight is 914 g/mol. The van der Waals surface area contributed by atoms with Gasteiger partial charge in [-0.15, -0.1) is 0 Å². The molecule has 6 aromatic rings. The molecule has 2 saturated heterocycles. The van der Waals surface area contributed by atoms with Crippen LogP contribution in [0.4, 0.5) is 17.1 Å². The number of sulfonamides is 1. The number of nitrogens with zero attached hydrogens (tertiary/aromatic N) is 6. The molecule has 342 valence electrons. The highest BCUT2D eigenvalue weighted by Crippen LogP contribution is 2.53. The Morgan fingerprint density at radius 2 is 1.83 bits per heavy atom. The van der Waals surface area contributed by atoms with E-state index in [0.717, 1.165) is 74.8 Å². The van der Waals surface area contributed by atoms with Crippen molar-refractivity contribution in [2.45, 2.75) is 75.0 Å². The number of carbonyl (C=O) groups is 1. The number of aromatic nitrogens is 4. The highest BCUT2D eigenvalue weighted by atomic mass is 32.2. The van der Waals surface area contributed by atoms with E-state index in [-0.39, 0.29) is 40.9 Å². The molecule has 0 radical (unpaired) electrons. The summed E-state index contributed by atoms with van der Waals surface area (Å²) in [6.45, 7) is 8.51. The molecule has 3 fully saturated rings. The van der Waals surface area contributed by atoms with E-state index in [1.807, 2.05) is 18.2 Å². The van der Waals surface area contributed by atoms with E-state index in [9.17, 15) is 23.3 Å².